The summed E-state index contributed by atoms with van der Waals surface area (Å²) in [7, 11) is 0. The van der Waals surface area contributed by atoms with Crippen LogP contribution in [-0.2, 0) is 13.0 Å². The van der Waals surface area contributed by atoms with Crippen LogP contribution in [0.3, 0.4) is 0 Å². The third-order valence-electron chi connectivity index (χ3n) is 5.55. The fourth-order valence-electron chi connectivity index (χ4n) is 4.07. The zero-order valence-corrected chi connectivity index (χ0v) is 18.3. The van der Waals surface area contributed by atoms with Crippen LogP contribution in [0.5, 0.6) is 0 Å². The molecule has 8 nitrogen and oxygen atoms in total. The van der Waals surface area contributed by atoms with Gasteiger partial charge in [-0.2, -0.15) is 5.10 Å². The van der Waals surface area contributed by atoms with Crippen LogP contribution in [-0.4, -0.2) is 38.0 Å². The molecule has 0 atom stereocenters. The molecule has 5 rings (SSSR count). The van der Waals surface area contributed by atoms with Gasteiger partial charge < -0.3 is 9.73 Å². The predicted octanol–water partition coefficient (Wildman–Crippen LogP) is 3.92. The lowest BCUT2D eigenvalue weighted by atomic mass is 9.94. The number of nitrogens with one attached hydrogen (secondary N) is 1. The summed E-state index contributed by atoms with van der Waals surface area (Å²) in [5, 5.41) is 9.45. The molecule has 1 aliphatic rings. The smallest absolute Gasteiger partial charge is 0.287 e. The van der Waals surface area contributed by atoms with Gasteiger partial charge in [-0.3, -0.25) is 24.2 Å². The van der Waals surface area contributed by atoms with Gasteiger partial charge in [0, 0.05) is 42.9 Å². The van der Waals surface area contributed by atoms with Crippen LogP contribution in [0.25, 0.3) is 21.8 Å². The summed E-state index contributed by atoms with van der Waals surface area (Å²) >= 11 is 1.61. The second kappa shape index (κ2) is 8.51. The van der Waals surface area contributed by atoms with Gasteiger partial charge in [0.05, 0.1) is 40.8 Å². The Morgan fingerprint density at radius 2 is 2.19 bits per heavy atom. The lowest BCUT2D eigenvalue weighted by Gasteiger charge is -2.09. The molecule has 1 aliphatic carbocycles. The number of hydrogen-bond acceptors (Lipinski definition) is 7. The third kappa shape index (κ3) is 3.64. The number of ketones is 1. The summed E-state index contributed by atoms with van der Waals surface area (Å²) in [5.74, 6) is 0.595. The summed E-state index contributed by atoms with van der Waals surface area (Å²) in [6, 6.07) is 4.02. The molecule has 4 aromatic heterocycles. The van der Waals surface area contributed by atoms with Gasteiger partial charge in [0.25, 0.3) is 5.91 Å². The zero-order chi connectivity index (χ0) is 22.1. The number of hydrogen-bond donors (Lipinski definition) is 1. The van der Waals surface area contributed by atoms with Crippen molar-refractivity contribution in [2.45, 2.75) is 32.7 Å². The summed E-state index contributed by atoms with van der Waals surface area (Å²) in [4.78, 5) is 34.6. The number of rotatable bonds is 6. The molecule has 4 heterocycles. The number of carbonyl (C=O) groups excluding carboxylic acids is 2. The highest BCUT2D eigenvalue weighted by atomic mass is 32.1. The maximum Gasteiger partial charge on any atom is 0.287 e. The highest BCUT2D eigenvalue weighted by molar-refractivity contribution is 7.13. The zero-order valence-electron chi connectivity index (χ0n) is 17.5. The lowest BCUT2D eigenvalue weighted by Crippen LogP contribution is -2.28. The molecule has 1 N–H and O–H groups in total. The molecule has 0 aromatic carbocycles. The second-order valence-electron chi connectivity index (χ2n) is 7.58. The van der Waals surface area contributed by atoms with E-state index in [0.29, 0.717) is 42.8 Å². The normalized spacial score (nSPS) is 13.2. The van der Waals surface area contributed by atoms with E-state index in [9.17, 15) is 9.59 Å². The van der Waals surface area contributed by atoms with E-state index in [1.165, 1.54) is 0 Å². The van der Waals surface area contributed by atoms with Gasteiger partial charge in [0.15, 0.2) is 11.5 Å². The van der Waals surface area contributed by atoms with E-state index in [2.05, 4.69) is 20.4 Å². The topological polar surface area (TPSA) is 103 Å². The average Bonchev–Trinajstić information content (AvgIpc) is 3.53. The molecule has 0 bridgehead atoms. The number of aryl methyl sites for hydroxylation is 1. The van der Waals surface area contributed by atoms with Crippen LogP contribution >= 0.6 is 11.3 Å². The summed E-state index contributed by atoms with van der Waals surface area (Å²) in [6.45, 7) is 2.60. The van der Waals surface area contributed by atoms with Crippen LogP contribution < -0.4 is 5.32 Å². The summed E-state index contributed by atoms with van der Waals surface area (Å²) < 4.78 is 7.61. The summed E-state index contributed by atoms with van der Waals surface area (Å²) in [5.41, 5.74) is 3.78. The third-order valence-corrected chi connectivity index (χ3v) is 6.43. The minimum absolute atomic E-state index is 0.0558. The van der Waals surface area contributed by atoms with Crippen LogP contribution in [0.2, 0.25) is 0 Å². The molecule has 0 radical (unpaired) electrons. The minimum Gasteiger partial charge on any atom is -0.455 e. The summed E-state index contributed by atoms with van der Waals surface area (Å²) in [6.07, 6.45) is 8.74. The van der Waals surface area contributed by atoms with Gasteiger partial charge in [0.2, 0.25) is 0 Å². The molecule has 9 heteroatoms. The molecule has 0 fully saturated rings. The van der Waals surface area contributed by atoms with Crippen molar-refractivity contribution in [1.82, 2.24) is 25.1 Å². The molecule has 0 unspecified atom stereocenters. The van der Waals surface area contributed by atoms with E-state index in [1.807, 2.05) is 22.2 Å². The van der Waals surface area contributed by atoms with Crippen molar-refractivity contribution in [2.24, 2.45) is 0 Å². The maximum absolute atomic E-state index is 12.8. The highest BCUT2D eigenvalue weighted by Crippen LogP contribution is 2.33. The monoisotopic (exact) mass is 447 g/mol. The van der Waals surface area contributed by atoms with Crippen LogP contribution in [0.1, 0.15) is 45.1 Å². The van der Waals surface area contributed by atoms with Crippen LogP contribution in [0.15, 0.2) is 46.7 Å². The SMILES string of the molecule is Cc1c(C(=O)NCCn2ncc(-c3cnccn3)c2-c2cccs2)oc2c1C(=O)CCC2. The number of aromatic nitrogens is 4. The second-order valence-corrected chi connectivity index (χ2v) is 8.53. The molecule has 4 aromatic rings. The number of amides is 1. The van der Waals surface area contributed by atoms with Gasteiger partial charge in [-0.15, -0.1) is 11.3 Å². The van der Waals surface area contributed by atoms with Gasteiger partial charge >= 0.3 is 0 Å². The molecular weight excluding hydrogens is 426 g/mol. The Morgan fingerprint density at radius 3 is 2.94 bits per heavy atom. The first-order valence-electron chi connectivity index (χ1n) is 10.4. The van der Waals surface area contributed by atoms with E-state index >= 15 is 0 Å². The molecular formula is C23H21N5O3S. The average molecular weight is 448 g/mol. The number of Topliss-reactive ketones (excluding diaryl/α,β-unsaturated/α-hetero) is 1. The van der Waals surface area contributed by atoms with E-state index in [4.69, 9.17) is 4.42 Å². The molecule has 0 aliphatic heterocycles. The Morgan fingerprint density at radius 1 is 1.28 bits per heavy atom. The molecule has 0 saturated carbocycles. The van der Waals surface area contributed by atoms with Crippen molar-refractivity contribution in [3.63, 3.8) is 0 Å². The van der Waals surface area contributed by atoms with E-state index in [0.717, 1.165) is 28.2 Å². The molecule has 0 saturated heterocycles. The molecule has 32 heavy (non-hydrogen) atoms. The first kappa shape index (κ1) is 20.3. The van der Waals surface area contributed by atoms with E-state index < -0.39 is 0 Å². The number of fused-ring (bicyclic) bond motifs is 1. The van der Waals surface area contributed by atoms with Crippen molar-refractivity contribution in [3.8, 4) is 21.8 Å². The Balaban J connectivity index is 1.34. The van der Waals surface area contributed by atoms with Crippen molar-refractivity contribution in [2.75, 3.05) is 6.54 Å². The lowest BCUT2D eigenvalue weighted by molar-refractivity contribution is 0.0918. The predicted molar refractivity (Wildman–Crippen MR) is 120 cm³/mol. The van der Waals surface area contributed by atoms with E-state index in [-0.39, 0.29) is 17.5 Å². The standard InChI is InChI=1S/C23H21N5O3S/c1-14-20-17(29)4-2-5-18(20)31-22(14)23(30)26-9-10-28-21(19-6-3-11-32-19)15(12-27-28)16-13-24-7-8-25-16/h3,6-8,11-13H,2,4-5,9-10H2,1H3,(H,26,30). The molecule has 162 valence electrons. The van der Waals surface area contributed by atoms with Crippen molar-refractivity contribution >= 4 is 23.0 Å². The number of furan rings is 1. The first-order valence-corrected chi connectivity index (χ1v) is 11.3. The number of nitrogens with zero attached hydrogens (tertiary/aromatic N) is 4. The fourth-order valence-corrected chi connectivity index (χ4v) is 4.86. The Labute approximate surface area is 188 Å². The Bertz CT molecular complexity index is 1270. The quantitative estimate of drug-likeness (QED) is 0.481. The van der Waals surface area contributed by atoms with Crippen molar-refractivity contribution < 1.29 is 14.0 Å². The number of carbonyl (C=O) groups is 2. The van der Waals surface area contributed by atoms with Crippen molar-refractivity contribution in [3.05, 3.63) is 64.9 Å². The maximum atomic E-state index is 12.8. The first-order chi connectivity index (χ1) is 15.6. The van der Waals surface area contributed by atoms with Gasteiger partial charge in [-0.25, -0.2) is 0 Å². The molecule has 0 spiro atoms. The van der Waals surface area contributed by atoms with Gasteiger partial charge in [-0.05, 0) is 24.8 Å². The van der Waals surface area contributed by atoms with Gasteiger partial charge in [-0.1, -0.05) is 6.07 Å². The van der Waals surface area contributed by atoms with E-state index in [1.54, 1.807) is 43.0 Å². The van der Waals surface area contributed by atoms with Gasteiger partial charge in [0.1, 0.15) is 5.76 Å². The number of thiophene rings is 1. The molecule has 1 amide bonds. The fraction of sp³-hybridized carbons (Fsp3) is 0.261. The Hall–Kier alpha value is -3.59. The van der Waals surface area contributed by atoms with Crippen LogP contribution in [0.4, 0.5) is 0 Å². The highest BCUT2D eigenvalue weighted by Gasteiger charge is 2.28. The largest absolute Gasteiger partial charge is 0.455 e. The van der Waals surface area contributed by atoms with Crippen molar-refractivity contribution in [1.29, 1.82) is 0 Å². The minimum atomic E-state index is -0.316. The van der Waals surface area contributed by atoms with Crippen LogP contribution in [0, 0.1) is 6.92 Å². The Kier molecular flexibility index (Phi) is 5.40.